The summed E-state index contributed by atoms with van der Waals surface area (Å²) >= 11 is 11.7. The number of ether oxygens (including phenoxy) is 1. The molecule has 0 bridgehead atoms. The van der Waals surface area contributed by atoms with Crippen molar-refractivity contribution in [3.05, 3.63) is 63.4 Å². The van der Waals surface area contributed by atoms with Crippen molar-refractivity contribution in [1.82, 2.24) is 5.32 Å². The molecule has 0 aliphatic heterocycles. The van der Waals surface area contributed by atoms with Gasteiger partial charge in [-0.3, -0.25) is 4.79 Å². The van der Waals surface area contributed by atoms with E-state index in [1.807, 2.05) is 24.3 Å². The van der Waals surface area contributed by atoms with Crippen LogP contribution in [0, 0.1) is 5.82 Å². The van der Waals surface area contributed by atoms with Gasteiger partial charge in [0.2, 0.25) is 0 Å². The number of rotatable bonds is 7. The van der Waals surface area contributed by atoms with Crippen LogP contribution >= 0.6 is 23.2 Å². The molecule has 1 atom stereocenters. The molecule has 0 aliphatic carbocycles. The van der Waals surface area contributed by atoms with Crippen molar-refractivity contribution in [2.24, 2.45) is 0 Å². The van der Waals surface area contributed by atoms with Gasteiger partial charge in [-0.05, 0) is 29.7 Å². The molecule has 0 saturated heterocycles. The molecule has 23 heavy (non-hydrogen) atoms. The van der Waals surface area contributed by atoms with Crippen molar-refractivity contribution >= 4 is 29.7 Å². The normalized spacial score (nSPS) is 12.0. The van der Waals surface area contributed by atoms with Crippen LogP contribution in [0.15, 0.2) is 36.4 Å². The first-order valence-electron chi connectivity index (χ1n) is 7.05. The predicted molar refractivity (Wildman–Crippen MR) is 89.7 cm³/mol. The Morgan fingerprint density at radius 2 is 2.09 bits per heavy atom. The molecule has 0 amide bonds. The maximum atomic E-state index is 13.6. The van der Waals surface area contributed by atoms with Crippen LogP contribution in [-0.4, -0.2) is 13.0 Å². The summed E-state index contributed by atoms with van der Waals surface area (Å²) in [7, 11) is 0. The number of nitrogens with one attached hydrogen (secondary N) is 1. The van der Waals surface area contributed by atoms with Crippen LogP contribution in [0.4, 0.5) is 4.39 Å². The van der Waals surface area contributed by atoms with Crippen molar-refractivity contribution in [3.63, 3.8) is 0 Å². The second-order valence-corrected chi connectivity index (χ2v) is 6.02. The molecule has 2 aromatic carbocycles. The molecule has 122 valence electrons. The summed E-state index contributed by atoms with van der Waals surface area (Å²) in [5, 5.41) is 3.82. The van der Waals surface area contributed by atoms with Gasteiger partial charge in [0.1, 0.15) is 11.6 Å². The van der Waals surface area contributed by atoms with Crippen molar-refractivity contribution in [2.75, 3.05) is 6.54 Å². The van der Waals surface area contributed by atoms with E-state index in [1.54, 1.807) is 0 Å². The Morgan fingerprint density at radius 1 is 1.30 bits per heavy atom. The summed E-state index contributed by atoms with van der Waals surface area (Å²) in [6, 6.07) is 10.2. The summed E-state index contributed by atoms with van der Waals surface area (Å²) in [4.78, 5) is 10.5. The third kappa shape index (κ3) is 4.93. The van der Waals surface area contributed by atoms with E-state index >= 15 is 0 Å². The average Bonchev–Trinajstić information content (AvgIpc) is 2.52. The Morgan fingerprint density at radius 3 is 2.78 bits per heavy atom. The minimum atomic E-state index is -0.551. The zero-order chi connectivity index (χ0) is 16.8. The van der Waals surface area contributed by atoms with Gasteiger partial charge in [-0.25, -0.2) is 4.39 Å². The maximum absolute atomic E-state index is 13.6. The largest absolute Gasteiger partial charge is 0.428 e. The minimum Gasteiger partial charge on any atom is -0.428 e. The van der Waals surface area contributed by atoms with E-state index < -0.39 is 5.82 Å². The summed E-state index contributed by atoms with van der Waals surface area (Å²) in [5.74, 6) is -0.0831. The molecule has 0 spiro atoms. The van der Waals surface area contributed by atoms with Gasteiger partial charge in [-0.1, -0.05) is 42.3 Å². The Hall–Kier alpha value is -1.62. The van der Waals surface area contributed by atoms with Crippen LogP contribution in [0.25, 0.3) is 0 Å². The second-order valence-electron chi connectivity index (χ2n) is 5.18. The van der Waals surface area contributed by atoms with E-state index in [0.717, 1.165) is 5.56 Å². The van der Waals surface area contributed by atoms with Crippen LogP contribution < -0.4 is 10.1 Å². The lowest BCUT2D eigenvalue weighted by molar-refractivity contribution is -0.120. The fraction of sp³-hybridized carbons (Fsp3) is 0.235. The Labute approximate surface area is 144 Å². The molecule has 6 heteroatoms. The standard InChI is InChI=1S/C17H16Cl2FNO2/c1-11(12-3-2-4-14(18)5-12)8-21-9-13-6-16(20)15(19)7-17(13)23-10-22/h2-7,10-11,21H,8-9H2,1H3. The van der Waals surface area contributed by atoms with Gasteiger partial charge in [0.05, 0.1) is 5.02 Å². The molecule has 2 rings (SSSR count). The molecule has 3 nitrogen and oxygen atoms in total. The van der Waals surface area contributed by atoms with Gasteiger partial charge in [0, 0.05) is 29.7 Å². The Bertz CT molecular complexity index is 694. The highest BCUT2D eigenvalue weighted by molar-refractivity contribution is 6.31. The van der Waals surface area contributed by atoms with E-state index in [9.17, 15) is 9.18 Å². The molecule has 1 unspecified atom stereocenters. The molecule has 1 N–H and O–H groups in total. The van der Waals surface area contributed by atoms with E-state index in [0.29, 0.717) is 30.1 Å². The number of benzene rings is 2. The van der Waals surface area contributed by atoms with Crippen molar-refractivity contribution in [3.8, 4) is 5.75 Å². The lowest BCUT2D eigenvalue weighted by Crippen LogP contribution is -2.20. The van der Waals surface area contributed by atoms with Crippen molar-refractivity contribution < 1.29 is 13.9 Å². The molecule has 0 saturated carbocycles. The summed E-state index contributed by atoms with van der Waals surface area (Å²) in [6.07, 6.45) is 0. The zero-order valence-electron chi connectivity index (χ0n) is 12.5. The fourth-order valence-electron chi connectivity index (χ4n) is 2.22. The van der Waals surface area contributed by atoms with Gasteiger partial charge >= 0.3 is 0 Å². The zero-order valence-corrected chi connectivity index (χ0v) is 14.0. The molecule has 0 aliphatic rings. The molecule has 0 fully saturated rings. The molecule has 0 radical (unpaired) electrons. The number of carbonyl (C=O) groups is 1. The summed E-state index contributed by atoms with van der Waals surface area (Å²) in [6.45, 7) is 3.36. The molecular formula is C17H16Cl2FNO2. The third-order valence-electron chi connectivity index (χ3n) is 3.46. The Kier molecular flexibility index (Phi) is 6.39. The molecule has 2 aromatic rings. The molecule has 0 aromatic heterocycles. The lowest BCUT2D eigenvalue weighted by Gasteiger charge is -2.15. The fourth-order valence-corrected chi connectivity index (χ4v) is 2.58. The van der Waals surface area contributed by atoms with Gasteiger partial charge < -0.3 is 10.1 Å². The topological polar surface area (TPSA) is 38.3 Å². The maximum Gasteiger partial charge on any atom is 0.298 e. The monoisotopic (exact) mass is 355 g/mol. The van der Waals surface area contributed by atoms with Gasteiger partial charge in [-0.15, -0.1) is 0 Å². The van der Waals surface area contributed by atoms with Crippen LogP contribution in [0.3, 0.4) is 0 Å². The quantitative estimate of drug-likeness (QED) is 0.739. The number of carbonyl (C=O) groups excluding carboxylic acids is 1. The van der Waals surface area contributed by atoms with Crippen LogP contribution in [0.2, 0.25) is 10.0 Å². The van der Waals surface area contributed by atoms with Crippen molar-refractivity contribution in [1.29, 1.82) is 0 Å². The Balaban J connectivity index is 2.00. The first-order valence-corrected chi connectivity index (χ1v) is 7.81. The van der Waals surface area contributed by atoms with Gasteiger partial charge in [0.25, 0.3) is 6.47 Å². The van der Waals surface area contributed by atoms with E-state index in [1.165, 1.54) is 12.1 Å². The smallest absolute Gasteiger partial charge is 0.298 e. The first kappa shape index (κ1) is 17.7. The SMILES string of the molecule is CC(CNCc1cc(F)c(Cl)cc1OC=O)c1cccc(Cl)c1. The van der Waals surface area contributed by atoms with Crippen LogP contribution in [-0.2, 0) is 11.3 Å². The van der Waals surface area contributed by atoms with E-state index in [2.05, 4.69) is 12.2 Å². The van der Waals surface area contributed by atoms with E-state index in [4.69, 9.17) is 27.9 Å². The molecule has 0 heterocycles. The van der Waals surface area contributed by atoms with Gasteiger partial charge in [-0.2, -0.15) is 0 Å². The highest BCUT2D eigenvalue weighted by Gasteiger charge is 2.11. The highest BCUT2D eigenvalue weighted by atomic mass is 35.5. The van der Waals surface area contributed by atoms with Crippen LogP contribution in [0.1, 0.15) is 24.0 Å². The van der Waals surface area contributed by atoms with Gasteiger partial charge in [0.15, 0.2) is 0 Å². The first-order chi connectivity index (χ1) is 11.0. The highest BCUT2D eigenvalue weighted by Crippen LogP contribution is 2.26. The summed E-state index contributed by atoms with van der Waals surface area (Å²) < 4.78 is 18.4. The number of hydrogen-bond donors (Lipinski definition) is 1. The number of hydrogen-bond acceptors (Lipinski definition) is 3. The van der Waals surface area contributed by atoms with Crippen LogP contribution in [0.5, 0.6) is 5.75 Å². The second kappa shape index (κ2) is 8.29. The minimum absolute atomic E-state index is 0.0853. The predicted octanol–water partition coefficient (Wildman–Crippen LogP) is 4.56. The number of halogens is 3. The average molecular weight is 356 g/mol. The third-order valence-corrected chi connectivity index (χ3v) is 3.99. The molecular weight excluding hydrogens is 340 g/mol. The lowest BCUT2D eigenvalue weighted by atomic mass is 10.0. The van der Waals surface area contributed by atoms with Crippen molar-refractivity contribution in [2.45, 2.75) is 19.4 Å². The summed E-state index contributed by atoms with van der Waals surface area (Å²) in [5.41, 5.74) is 1.63. The van der Waals surface area contributed by atoms with E-state index in [-0.39, 0.29) is 16.7 Å².